The van der Waals surface area contributed by atoms with Gasteiger partial charge in [-0.25, -0.2) is 0 Å². The molecule has 0 N–H and O–H groups in total. The summed E-state index contributed by atoms with van der Waals surface area (Å²) in [5, 5.41) is 0. The van der Waals surface area contributed by atoms with Gasteiger partial charge in [-0.1, -0.05) is 36.4 Å². The molecule has 0 spiro atoms. The van der Waals surface area contributed by atoms with Gasteiger partial charge in [0.25, 0.3) is 0 Å². The molecule has 0 aliphatic carbocycles. The van der Waals surface area contributed by atoms with Crippen LogP contribution in [0.5, 0.6) is 23.0 Å². The van der Waals surface area contributed by atoms with Crippen LogP contribution >= 0.6 is 7.81 Å². The number of para-hydroxylation sites is 2. The van der Waals surface area contributed by atoms with Crippen LogP contribution in [0.1, 0.15) is 0 Å². The minimum absolute atomic E-state index is 0.229. The van der Waals surface area contributed by atoms with Crippen molar-refractivity contribution in [3.05, 3.63) is 116 Å². The maximum Gasteiger partial charge on any atom is 0.357 e. The van der Waals surface area contributed by atoms with Gasteiger partial charge < -0.3 is 9.47 Å². The quantitative estimate of drug-likeness (QED) is 0.136. The molecule has 0 bridgehead atoms. The molecule has 10 heteroatoms. The summed E-state index contributed by atoms with van der Waals surface area (Å²) < 4.78 is 73.6. The van der Waals surface area contributed by atoms with E-state index in [9.17, 15) is 25.2 Å². The molecule has 0 aliphatic rings. The molecule has 180 valence electrons. The second-order valence-electron chi connectivity index (χ2n) is 6.79. The van der Waals surface area contributed by atoms with Gasteiger partial charge in [-0.2, -0.15) is 0 Å². The number of benzene rings is 4. The monoisotopic (exact) mass is 610 g/mol. The maximum absolute atomic E-state index is 10.7. The predicted octanol–water partition coefficient (Wildman–Crippen LogP) is 6.78. The van der Waals surface area contributed by atoms with Crippen molar-refractivity contribution in [2.24, 2.45) is 0 Å². The molecule has 0 aromatic heterocycles. The fourth-order valence-electron chi connectivity index (χ4n) is 2.51. The minimum atomic E-state index is -10.7. The molecule has 0 unspecified atom stereocenters. The summed E-state index contributed by atoms with van der Waals surface area (Å²) in [4.78, 5) is 0. The van der Waals surface area contributed by atoms with Crippen molar-refractivity contribution in [2.45, 2.75) is 0 Å². The minimum Gasteiger partial charge on any atom is -0.457 e. The first-order chi connectivity index (χ1) is 15.8. The maximum atomic E-state index is 9.87. The van der Waals surface area contributed by atoms with Crippen molar-refractivity contribution < 1.29 is 55.9 Å². The Labute approximate surface area is 202 Å². The third-order valence-electron chi connectivity index (χ3n) is 3.80. The Morgan fingerprint density at radius 3 is 0.971 bits per heavy atom. The third kappa shape index (κ3) is 11.4. The molecule has 0 saturated carbocycles. The van der Waals surface area contributed by atoms with Crippen LogP contribution in [-0.4, -0.2) is 0 Å². The second-order valence-corrected chi connectivity index (χ2v) is 11.7. The van der Waals surface area contributed by atoms with Gasteiger partial charge in [-0.05, 0) is 72.8 Å². The fraction of sp³-hybridized carbons (Fsp3) is 0. The van der Waals surface area contributed by atoms with E-state index < -0.39 is 7.81 Å². The molecule has 4 rings (SSSR count). The molecule has 0 radical (unpaired) electrons. The number of hydrogen-bond acceptors (Lipinski definition) is 2. The number of ether oxygens (including phenoxy) is 2. The van der Waals surface area contributed by atoms with Crippen molar-refractivity contribution in [1.82, 2.24) is 0 Å². The average Bonchev–Trinajstić information content (AvgIpc) is 2.76. The number of hydrogen-bond donors (Lipinski definition) is 0. The van der Waals surface area contributed by atoms with Gasteiger partial charge in [0.15, 0.2) is 7.14 Å². The van der Waals surface area contributed by atoms with Gasteiger partial charge in [0.1, 0.15) is 23.0 Å². The Hall–Kier alpha value is -2.78. The Kier molecular flexibility index (Phi) is 7.47. The molecule has 0 saturated heterocycles. The van der Waals surface area contributed by atoms with E-state index in [1.54, 1.807) is 0 Å². The summed E-state index contributed by atoms with van der Waals surface area (Å²) >= 11 is -0.229. The predicted molar refractivity (Wildman–Crippen MR) is 117 cm³/mol. The normalized spacial score (nSPS) is 13.0. The van der Waals surface area contributed by atoms with Gasteiger partial charge in [-0.3, -0.25) is 0 Å². The van der Waals surface area contributed by atoms with E-state index in [0.717, 1.165) is 23.0 Å². The molecule has 0 fully saturated rings. The summed E-state index contributed by atoms with van der Waals surface area (Å²) in [6.45, 7) is 0. The van der Waals surface area contributed by atoms with Gasteiger partial charge in [-0.15, -0.1) is 0 Å². The van der Waals surface area contributed by atoms with E-state index in [1.165, 1.54) is 7.14 Å². The molecule has 4 aromatic rings. The van der Waals surface area contributed by atoms with Crippen LogP contribution in [0.25, 0.3) is 0 Å². The summed E-state index contributed by atoms with van der Waals surface area (Å²) in [6.07, 6.45) is 0. The Bertz CT molecular complexity index is 1090. The standard InChI is InChI=1S/C24H18IO2.F6P/c1-3-7-21(8-4-1)26-23-15-11-19(12-16-23)25-20-13-17-24(18-14-20)27-22-9-5-2-6-10-22;1-7(2,3,4,5)6/h1-18H;/q+1;-1. The third-order valence-corrected chi connectivity index (χ3v) is 6.49. The summed E-state index contributed by atoms with van der Waals surface area (Å²) in [6, 6.07) is 36.4. The first kappa shape index (κ1) is 25.8. The van der Waals surface area contributed by atoms with Crippen LogP contribution in [-0.2, 0) is 0 Å². The largest absolute Gasteiger partial charge is 0.457 e. The van der Waals surface area contributed by atoms with Crippen molar-refractivity contribution in [2.75, 3.05) is 0 Å². The molecule has 0 aliphatic heterocycles. The topological polar surface area (TPSA) is 18.5 Å². The zero-order valence-corrected chi connectivity index (χ0v) is 20.4. The molecule has 34 heavy (non-hydrogen) atoms. The zero-order chi connectivity index (χ0) is 24.7. The van der Waals surface area contributed by atoms with E-state index in [2.05, 4.69) is 24.3 Å². The molecule has 2 nitrogen and oxygen atoms in total. The first-order valence-corrected chi connectivity index (χ1v) is 13.9. The van der Waals surface area contributed by atoms with Crippen LogP contribution in [0.2, 0.25) is 0 Å². The molecule has 4 aromatic carbocycles. The molecule has 0 atom stereocenters. The van der Waals surface area contributed by atoms with Gasteiger partial charge >= 0.3 is 54.2 Å². The zero-order valence-electron chi connectivity index (χ0n) is 17.3. The summed E-state index contributed by atoms with van der Waals surface area (Å²) in [5.74, 6) is 3.43. The fourth-order valence-corrected chi connectivity index (χ4v) is 4.66. The van der Waals surface area contributed by atoms with E-state index in [0.29, 0.717) is 0 Å². The summed E-state index contributed by atoms with van der Waals surface area (Å²) in [5.41, 5.74) is 0. The second kappa shape index (κ2) is 9.84. The Balaban J connectivity index is 0.000000406. The van der Waals surface area contributed by atoms with E-state index in [-0.39, 0.29) is 21.2 Å². The Morgan fingerprint density at radius 1 is 0.412 bits per heavy atom. The van der Waals surface area contributed by atoms with Gasteiger partial charge in [0, 0.05) is 0 Å². The van der Waals surface area contributed by atoms with Crippen LogP contribution < -0.4 is 30.7 Å². The SMILES string of the molecule is F[P-](F)(F)(F)(F)F.c1ccc(Oc2ccc([I+]c3ccc(Oc4ccccc4)cc3)cc2)cc1. The van der Waals surface area contributed by atoms with Crippen molar-refractivity contribution in [3.8, 4) is 23.0 Å². The smallest absolute Gasteiger partial charge is 0.357 e. The van der Waals surface area contributed by atoms with Crippen LogP contribution in [0.3, 0.4) is 0 Å². The Morgan fingerprint density at radius 2 is 0.676 bits per heavy atom. The molecule has 0 heterocycles. The van der Waals surface area contributed by atoms with E-state index in [1.807, 2.05) is 84.9 Å². The van der Waals surface area contributed by atoms with Crippen molar-refractivity contribution in [3.63, 3.8) is 0 Å². The van der Waals surface area contributed by atoms with Crippen molar-refractivity contribution >= 4 is 7.81 Å². The number of halogens is 7. The average molecular weight is 610 g/mol. The van der Waals surface area contributed by atoms with Gasteiger partial charge in [0.2, 0.25) is 0 Å². The van der Waals surface area contributed by atoms with E-state index in [4.69, 9.17) is 9.47 Å². The van der Waals surface area contributed by atoms with Crippen LogP contribution in [0.15, 0.2) is 109 Å². The van der Waals surface area contributed by atoms with E-state index >= 15 is 0 Å². The molecular formula is C24H18F6IO2P. The van der Waals surface area contributed by atoms with Gasteiger partial charge in [0.05, 0.1) is 0 Å². The molecule has 0 amide bonds. The summed E-state index contributed by atoms with van der Waals surface area (Å²) in [7, 11) is -10.7. The number of rotatable bonds is 6. The van der Waals surface area contributed by atoms with Crippen LogP contribution in [0.4, 0.5) is 25.2 Å². The first-order valence-electron chi connectivity index (χ1n) is 9.67. The molecular weight excluding hydrogens is 592 g/mol. The van der Waals surface area contributed by atoms with Crippen molar-refractivity contribution in [1.29, 1.82) is 0 Å². The van der Waals surface area contributed by atoms with Crippen LogP contribution in [0, 0.1) is 7.14 Å².